The van der Waals surface area contributed by atoms with Gasteiger partial charge in [-0.25, -0.2) is 8.91 Å². The molecule has 2 aromatic heterocycles. The van der Waals surface area contributed by atoms with Gasteiger partial charge in [0.05, 0.1) is 18.8 Å². The fraction of sp³-hybridized carbons (Fsp3) is 0.100. The van der Waals surface area contributed by atoms with E-state index in [2.05, 4.69) is 5.10 Å². The lowest BCUT2D eigenvalue weighted by atomic mass is 10.1. The van der Waals surface area contributed by atoms with E-state index in [1.165, 1.54) is 21.2 Å². The van der Waals surface area contributed by atoms with Crippen molar-refractivity contribution in [2.45, 2.75) is 13.2 Å². The predicted octanol–water partition coefficient (Wildman–Crippen LogP) is 3.50. The van der Waals surface area contributed by atoms with E-state index < -0.39 is 0 Å². The SMILES string of the molecule is O=c1c2c(CO)c(-c3ccc(F)cc3)nn2ccn1Cc1cccc(Cl)c1. The number of benzene rings is 2. The van der Waals surface area contributed by atoms with E-state index in [0.717, 1.165) is 5.56 Å². The fourth-order valence-electron chi connectivity index (χ4n) is 3.10. The van der Waals surface area contributed by atoms with E-state index in [9.17, 15) is 14.3 Å². The minimum absolute atomic E-state index is 0.276. The van der Waals surface area contributed by atoms with Gasteiger partial charge in [-0.2, -0.15) is 5.10 Å². The standard InChI is InChI=1S/C20H15ClFN3O2/c21-15-3-1-2-13(10-15)11-24-8-9-25-19(20(24)27)17(12-26)18(23-25)14-4-6-16(22)7-5-14/h1-10,26H,11-12H2. The van der Waals surface area contributed by atoms with Crippen LogP contribution in [-0.4, -0.2) is 19.3 Å². The molecule has 4 rings (SSSR count). The van der Waals surface area contributed by atoms with Crippen molar-refractivity contribution in [2.75, 3.05) is 0 Å². The zero-order valence-corrected chi connectivity index (χ0v) is 14.9. The lowest BCUT2D eigenvalue weighted by Crippen LogP contribution is -2.22. The first-order valence-corrected chi connectivity index (χ1v) is 8.66. The summed E-state index contributed by atoms with van der Waals surface area (Å²) in [7, 11) is 0. The minimum atomic E-state index is -0.364. The molecular formula is C20H15ClFN3O2. The van der Waals surface area contributed by atoms with Gasteiger partial charge in [-0.05, 0) is 42.0 Å². The Bertz CT molecular complexity index is 1180. The van der Waals surface area contributed by atoms with Gasteiger partial charge in [0, 0.05) is 28.5 Å². The monoisotopic (exact) mass is 383 g/mol. The normalized spacial score (nSPS) is 11.2. The molecule has 5 nitrogen and oxygen atoms in total. The lowest BCUT2D eigenvalue weighted by Gasteiger charge is -2.07. The van der Waals surface area contributed by atoms with Gasteiger partial charge in [-0.15, -0.1) is 0 Å². The summed E-state index contributed by atoms with van der Waals surface area (Å²) in [6.45, 7) is -0.00947. The third kappa shape index (κ3) is 3.25. The lowest BCUT2D eigenvalue weighted by molar-refractivity contribution is 0.283. The molecule has 0 aliphatic carbocycles. The Balaban J connectivity index is 1.85. The van der Waals surface area contributed by atoms with Gasteiger partial charge in [0.2, 0.25) is 0 Å². The first kappa shape index (κ1) is 17.5. The third-order valence-electron chi connectivity index (χ3n) is 4.38. The maximum absolute atomic E-state index is 13.2. The van der Waals surface area contributed by atoms with Gasteiger partial charge >= 0.3 is 0 Å². The van der Waals surface area contributed by atoms with Crippen LogP contribution in [0, 0.1) is 5.82 Å². The highest BCUT2D eigenvalue weighted by Gasteiger charge is 2.18. The predicted molar refractivity (Wildman–Crippen MR) is 101 cm³/mol. The van der Waals surface area contributed by atoms with Crippen LogP contribution in [0.2, 0.25) is 5.02 Å². The molecular weight excluding hydrogens is 369 g/mol. The Morgan fingerprint density at radius 2 is 1.89 bits per heavy atom. The number of fused-ring (bicyclic) bond motifs is 1. The number of aromatic nitrogens is 3. The number of hydrogen-bond acceptors (Lipinski definition) is 3. The van der Waals surface area contributed by atoms with Crippen LogP contribution in [0.3, 0.4) is 0 Å². The average Bonchev–Trinajstić information content (AvgIpc) is 3.04. The molecule has 1 N–H and O–H groups in total. The molecule has 0 unspecified atom stereocenters. The van der Waals surface area contributed by atoms with E-state index >= 15 is 0 Å². The maximum atomic E-state index is 13.2. The summed E-state index contributed by atoms with van der Waals surface area (Å²) in [5.41, 5.74) is 2.40. The summed E-state index contributed by atoms with van der Waals surface area (Å²) in [5, 5.41) is 14.9. The smallest absolute Gasteiger partial charge is 0.277 e. The van der Waals surface area contributed by atoms with Crippen LogP contribution < -0.4 is 5.56 Å². The number of aliphatic hydroxyl groups is 1. The average molecular weight is 384 g/mol. The molecule has 0 amide bonds. The van der Waals surface area contributed by atoms with Crippen LogP contribution >= 0.6 is 11.6 Å². The minimum Gasteiger partial charge on any atom is -0.392 e. The number of aliphatic hydroxyl groups excluding tert-OH is 1. The molecule has 0 spiro atoms. The van der Waals surface area contributed by atoms with Gasteiger partial charge < -0.3 is 9.67 Å². The van der Waals surface area contributed by atoms with Crippen LogP contribution in [-0.2, 0) is 13.2 Å². The summed E-state index contributed by atoms with van der Waals surface area (Å²) in [6, 6.07) is 13.1. The summed E-state index contributed by atoms with van der Waals surface area (Å²) >= 11 is 6.01. The van der Waals surface area contributed by atoms with Crippen molar-refractivity contribution >= 4 is 17.1 Å². The number of nitrogens with zero attached hydrogens (tertiary/aromatic N) is 3. The number of rotatable bonds is 4. The molecule has 4 aromatic rings. The zero-order chi connectivity index (χ0) is 19.0. The topological polar surface area (TPSA) is 59.5 Å². The first-order valence-electron chi connectivity index (χ1n) is 8.28. The van der Waals surface area contributed by atoms with Crippen molar-refractivity contribution in [1.82, 2.24) is 14.2 Å². The Morgan fingerprint density at radius 1 is 1.11 bits per heavy atom. The molecule has 0 atom stereocenters. The van der Waals surface area contributed by atoms with Gasteiger partial charge in [0.25, 0.3) is 5.56 Å². The van der Waals surface area contributed by atoms with Crippen molar-refractivity contribution in [3.05, 3.63) is 93.2 Å². The van der Waals surface area contributed by atoms with E-state index in [1.54, 1.807) is 36.7 Å². The second-order valence-corrected chi connectivity index (χ2v) is 6.58. The van der Waals surface area contributed by atoms with Crippen molar-refractivity contribution in [3.63, 3.8) is 0 Å². The Kier molecular flexibility index (Phi) is 4.51. The first-order chi connectivity index (χ1) is 13.1. The molecule has 7 heteroatoms. The molecule has 0 aliphatic rings. The number of hydrogen-bond donors (Lipinski definition) is 1. The van der Waals surface area contributed by atoms with Gasteiger partial charge in [-0.1, -0.05) is 23.7 Å². The Morgan fingerprint density at radius 3 is 2.59 bits per heavy atom. The van der Waals surface area contributed by atoms with Crippen LogP contribution in [0.4, 0.5) is 4.39 Å². The Hall–Kier alpha value is -2.96. The third-order valence-corrected chi connectivity index (χ3v) is 4.61. The molecule has 0 aliphatic heterocycles. The van der Waals surface area contributed by atoms with Crippen LogP contribution in [0.1, 0.15) is 11.1 Å². The molecule has 2 aromatic carbocycles. The molecule has 136 valence electrons. The molecule has 0 radical (unpaired) electrons. The van der Waals surface area contributed by atoms with Crippen molar-refractivity contribution in [2.24, 2.45) is 0 Å². The van der Waals surface area contributed by atoms with Gasteiger partial charge in [-0.3, -0.25) is 4.79 Å². The molecule has 2 heterocycles. The molecule has 27 heavy (non-hydrogen) atoms. The van der Waals surface area contributed by atoms with Crippen molar-refractivity contribution in [1.29, 1.82) is 0 Å². The van der Waals surface area contributed by atoms with E-state index in [4.69, 9.17) is 11.6 Å². The van der Waals surface area contributed by atoms with Crippen molar-refractivity contribution < 1.29 is 9.50 Å². The molecule has 0 fully saturated rings. The van der Waals surface area contributed by atoms with E-state index in [0.29, 0.717) is 33.9 Å². The fourth-order valence-corrected chi connectivity index (χ4v) is 3.31. The quantitative estimate of drug-likeness (QED) is 0.586. The Labute approximate surface area is 158 Å². The largest absolute Gasteiger partial charge is 0.392 e. The summed E-state index contributed by atoms with van der Waals surface area (Å²) < 4.78 is 16.2. The number of halogens is 2. The highest BCUT2D eigenvalue weighted by Crippen LogP contribution is 2.25. The molecule has 0 saturated carbocycles. The molecule has 0 saturated heterocycles. The van der Waals surface area contributed by atoms with Crippen LogP contribution in [0.25, 0.3) is 16.8 Å². The van der Waals surface area contributed by atoms with Gasteiger partial charge in [0.15, 0.2) is 0 Å². The summed E-state index contributed by atoms with van der Waals surface area (Å²) in [4.78, 5) is 13.0. The second kappa shape index (κ2) is 6.98. The zero-order valence-electron chi connectivity index (χ0n) is 14.1. The van der Waals surface area contributed by atoms with E-state index in [1.807, 2.05) is 12.1 Å². The summed E-state index contributed by atoms with van der Waals surface area (Å²) in [5.74, 6) is -0.364. The van der Waals surface area contributed by atoms with E-state index in [-0.39, 0.29) is 18.0 Å². The highest BCUT2D eigenvalue weighted by molar-refractivity contribution is 6.30. The summed E-state index contributed by atoms with van der Waals surface area (Å²) in [6.07, 6.45) is 3.30. The second-order valence-electron chi connectivity index (χ2n) is 6.15. The van der Waals surface area contributed by atoms with Gasteiger partial charge in [0.1, 0.15) is 11.3 Å². The molecule has 0 bridgehead atoms. The van der Waals surface area contributed by atoms with Crippen LogP contribution in [0.15, 0.2) is 65.7 Å². The highest BCUT2D eigenvalue weighted by atomic mass is 35.5. The maximum Gasteiger partial charge on any atom is 0.277 e. The van der Waals surface area contributed by atoms with Crippen molar-refractivity contribution in [3.8, 4) is 11.3 Å². The van der Waals surface area contributed by atoms with Crippen LogP contribution in [0.5, 0.6) is 0 Å².